The topological polar surface area (TPSA) is 107 Å². The lowest BCUT2D eigenvalue weighted by Gasteiger charge is -2.03. The van der Waals surface area contributed by atoms with Gasteiger partial charge in [-0.05, 0) is 18.6 Å². The van der Waals surface area contributed by atoms with Gasteiger partial charge in [-0.2, -0.15) is 5.10 Å². The lowest BCUT2D eigenvalue weighted by Crippen LogP contribution is -2.29. The van der Waals surface area contributed by atoms with Gasteiger partial charge in [0.2, 0.25) is 15.9 Å². The number of carbonyl (C=O) groups excluding carboxylic acids is 1. The zero-order valence-electron chi connectivity index (χ0n) is 13.6. The predicted octanol–water partition coefficient (Wildman–Crippen LogP) is 1.35. The van der Waals surface area contributed by atoms with E-state index in [-0.39, 0.29) is 6.42 Å². The number of nitrogens with zero attached hydrogens (tertiary/aromatic N) is 4. The van der Waals surface area contributed by atoms with Crippen LogP contribution < -0.4 is 4.72 Å². The number of para-hydroxylation sites is 2. The summed E-state index contributed by atoms with van der Waals surface area (Å²) in [6.45, 7) is 0.498. The third-order valence-corrected chi connectivity index (χ3v) is 4.07. The quantitative estimate of drug-likeness (QED) is 0.712. The number of fused-ring (bicyclic) bond motifs is 1. The highest BCUT2D eigenvalue weighted by Gasteiger charge is 2.09. The van der Waals surface area contributed by atoms with Gasteiger partial charge in [-0.1, -0.05) is 12.1 Å². The van der Waals surface area contributed by atoms with E-state index in [0.717, 1.165) is 28.5 Å². The normalized spacial score (nSPS) is 11.6. The Morgan fingerprint density at radius 1 is 1.20 bits per heavy atom. The van der Waals surface area contributed by atoms with Gasteiger partial charge in [-0.25, -0.2) is 13.4 Å². The number of hydrogen-bond donors (Lipinski definition) is 1. The van der Waals surface area contributed by atoms with Crippen molar-refractivity contribution in [1.82, 2.24) is 24.5 Å². The number of aryl methyl sites for hydroxylation is 1. The van der Waals surface area contributed by atoms with Crippen LogP contribution in [0.25, 0.3) is 22.3 Å². The van der Waals surface area contributed by atoms with Crippen LogP contribution in [0.15, 0.2) is 42.9 Å². The standard InChI is InChI=1S/C16H17N5O3S/c1-25(23,24)20-16(22)7-4-8-21-11-12(9-18-21)15-10-17-13-5-2-3-6-14(13)19-15/h2-3,5-6,9-11H,4,7-8H2,1H3,(H,20,22). The van der Waals surface area contributed by atoms with Crippen LogP contribution in [0.4, 0.5) is 0 Å². The Labute approximate surface area is 145 Å². The minimum absolute atomic E-state index is 0.109. The van der Waals surface area contributed by atoms with E-state index in [2.05, 4.69) is 15.1 Å². The Kier molecular flexibility index (Phi) is 4.75. The monoisotopic (exact) mass is 359 g/mol. The second-order valence-electron chi connectivity index (χ2n) is 5.64. The number of aromatic nitrogens is 4. The number of rotatable bonds is 6. The molecule has 0 saturated carbocycles. The maximum absolute atomic E-state index is 11.5. The van der Waals surface area contributed by atoms with Crippen LogP contribution >= 0.6 is 0 Å². The van der Waals surface area contributed by atoms with E-state index >= 15 is 0 Å². The lowest BCUT2D eigenvalue weighted by atomic mass is 10.2. The van der Waals surface area contributed by atoms with E-state index < -0.39 is 15.9 Å². The van der Waals surface area contributed by atoms with Gasteiger partial charge in [0, 0.05) is 24.7 Å². The highest BCUT2D eigenvalue weighted by atomic mass is 32.2. The number of hydrogen-bond acceptors (Lipinski definition) is 6. The van der Waals surface area contributed by atoms with Crippen molar-refractivity contribution in [1.29, 1.82) is 0 Å². The molecule has 1 N–H and O–H groups in total. The van der Waals surface area contributed by atoms with Gasteiger partial charge in [0.15, 0.2) is 0 Å². The van der Waals surface area contributed by atoms with Crippen molar-refractivity contribution in [2.75, 3.05) is 6.26 Å². The second-order valence-corrected chi connectivity index (χ2v) is 7.39. The van der Waals surface area contributed by atoms with Crippen LogP contribution in [0.2, 0.25) is 0 Å². The Morgan fingerprint density at radius 2 is 1.96 bits per heavy atom. The maximum Gasteiger partial charge on any atom is 0.233 e. The Bertz CT molecular complexity index is 1010. The van der Waals surface area contributed by atoms with Crippen molar-refractivity contribution in [2.24, 2.45) is 0 Å². The summed E-state index contributed by atoms with van der Waals surface area (Å²) in [4.78, 5) is 20.4. The highest BCUT2D eigenvalue weighted by Crippen LogP contribution is 2.18. The fourth-order valence-corrected chi connectivity index (χ4v) is 2.89. The molecule has 25 heavy (non-hydrogen) atoms. The molecule has 0 aliphatic rings. The van der Waals surface area contributed by atoms with E-state index in [1.165, 1.54) is 0 Å². The molecule has 0 aliphatic carbocycles. The van der Waals surface area contributed by atoms with E-state index in [1.807, 2.05) is 35.2 Å². The van der Waals surface area contributed by atoms with Gasteiger partial charge < -0.3 is 0 Å². The molecular formula is C16H17N5O3S. The maximum atomic E-state index is 11.5. The first-order valence-electron chi connectivity index (χ1n) is 7.66. The third-order valence-electron chi connectivity index (χ3n) is 3.47. The Hall–Kier alpha value is -2.81. The summed E-state index contributed by atoms with van der Waals surface area (Å²) in [5.74, 6) is -0.518. The predicted molar refractivity (Wildman–Crippen MR) is 93.0 cm³/mol. The van der Waals surface area contributed by atoms with Crippen molar-refractivity contribution >= 4 is 27.0 Å². The molecule has 0 fully saturated rings. The number of sulfonamides is 1. The first-order chi connectivity index (χ1) is 11.9. The first kappa shape index (κ1) is 17.0. The van der Waals surface area contributed by atoms with Gasteiger partial charge in [0.1, 0.15) is 0 Å². The van der Waals surface area contributed by atoms with Crippen molar-refractivity contribution in [2.45, 2.75) is 19.4 Å². The van der Waals surface area contributed by atoms with Gasteiger partial charge >= 0.3 is 0 Å². The van der Waals surface area contributed by atoms with Crippen LogP contribution in [0.5, 0.6) is 0 Å². The minimum atomic E-state index is -3.51. The molecule has 1 amide bonds. The SMILES string of the molecule is CS(=O)(=O)NC(=O)CCCn1cc(-c2cnc3ccccc3n2)cn1. The summed E-state index contributed by atoms with van der Waals surface area (Å²) < 4.78 is 25.6. The fraction of sp³-hybridized carbons (Fsp3) is 0.250. The number of amides is 1. The largest absolute Gasteiger partial charge is 0.274 e. The summed E-state index contributed by atoms with van der Waals surface area (Å²) >= 11 is 0. The molecular weight excluding hydrogens is 342 g/mol. The molecule has 9 heteroatoms. The van der Waals surface area contributed by atoms with Gasteiger partial charge in [-0.15, -0.1) is 0 Å². The van der Waals surface area contributed by atoms with Gasteiger partial charge in [0.25, 0.3) is 0 Å². The molecule has 8 nitrogen and oxygen atoms in total. The molecule has 0 saturated heterocycles. The van der Waals surface area contributed by atoms with Crippen molar-refractivity contribution < 1.29 is 13.2 Å². The molecule has 0 unspecified atom stereocenters. The van der Waals surface area contributed by atoms with E-state index in [0.29, 0.717) is 13.0 Å². The molecule has 2 aromatic heterocycles. The van der Waals surface area contributed by atoms with Crippen LogP contribution in [0.1, 0.15) is 12.8 Å². The summed E-state index contributed by atoms with van der Waals surface area (Å²) in [6, 6.07) is 7.62. The lowest BCUT2D eigenvalue weighted by molar-refractivity contribution is -0.119. The van der Waals surface area contributed by atoms with Crippen molar-refractivity contribution in [3.8, 4) is 11.3 Å². The zero-order valence-corrected chi connectivity index (χ0v) is 14.4. The number of carbonyl (C=O) groups is 1. The van der Waals surface area contributed by atoms with Crippen molar-refractivity contribution in [3.05, 3.63) is 42.9 Å². The average molecular weight is 359 g/mol. The molecule has 130 valence electrons. The highest BCUT2D eigenvalue weighted by molar-refractivity contribution is 7.89. The summed E-state index contributed by atoms with van der Waals surface area (Å²) in [7, 11) is -3.51. The molecule has 0 bridgehead atoms. The smallest absolute Gasteiger partial charge is 0.233 e. The number of nitrogens with one attached hydrogen (secondary N) is 1. The summed E-state index contributed by atoms with van der Waals surface area (Å²) in [6.07, 6.45) is 6.76. The second kappa shape index (κ2) is 6.98. The van der Waals surface area contributed by atoms with E-state index in [9.17, 15) is 13.2 Å². The summed E-state index contributed by atoms with van der Waals surface area (Å²) in [5.41, 5.74) is 3.19. The van der Waals surface area contributed by atoms with Crippen LogP contribution in [-0.2, 0) is 21.4 Å². The third kappa shape index (κ3) is 4.60. The van der Waals surface area contributed by atoms with Gasteiger partial charge in [0.05, 0.1) is 35.4 Å². The fourth-order valence-electron chi connectivity index (χ4n) is 2.37. The molecule has 0 spiro atoms. The first-order valence-corrected chi connectivity index (χ1v) is 9.55. The van der Waals surface area contributed by atoms with Gasteiger partial charge in [-0.3, -0.25) is 19.2 Å². The van der Waals surface area contributed by atoms with E-state index in [4.69, 9.17) is 0 Å². The summed E-state index contributed by atoms with van der Waals surface area (Å²) in [5, 5.41) is 4.24. The zero-order chi connectivity index (χ0) is 17.9. The molecule has 1 aromatic carbocycles. The molecule has 3 rings (SSSR count). The van der Waals surface area contributed by atoms with Crippen LogP contribution in [-0.4, -0.2) is 40.3 Å². The molecule has 0 radical (unpaired) electrons. The molecule has 0 aliphatic heterocycles. The van der Waals surface area contributed by atoms with Crippen LogP contribution in [0, 0.1) is 0 Å². The minimum Gasteiger partial charge on any atom is -0.274 e. The molecule has 3 aromatic rings. The van der Waals surface area contributed by atoms with Crippen molar-refractivity contribution in [3.63, 3.8) is 0 Å². The number of benzene rings is 1. The molecule has 2 heterocycles. The Balaban J connectivity index is 1.63. The van der Waals surface area contributed by atoms with Crippen LogP contribution in [0.3, 0.4) is 0 Å². The molecule has 0 atom stereocenters. The Morgan fingerprint density at radius 3 is 2.72 bits per heavy atom. The van der Waals surface area contributed by atoms with E-state index in [1.54, 1.807) is 17.1 Å². The average Bonchev–Trinajstić information content (AvgIpc) is 3.01.